The molecule has 1 saturated heterocycles. The average molecular weight is 401 g/mol. The summed E-state index contributed by atoms with van der Waals surface area (Å²) in [6.07, 6.45) is 2.84. The zero-order chi connectivity index (χ0) is 20.8. The Bertz CT molecular complexity index is 1060. The van der Waals surface area contributed by atoms with Crippen LogP contribution in [0.15, 0.2) is 24.5 Å². The summed E-state index contributed by atoms with van der Waals surface area (Å²) in [5, 5.41) is 8.18. The Morgan fingerprint density at radius 1 is 1.21 bits per heavy atom. The number of carbonyl (C=O) groups is 1. The van der Waals surface area contributed by atoms with Gasteiger partial charge in [0.05, 0.1) is 6.54 Å². The Morgan fingerprint density at radius 2 is 1.93 bits per heavy atom. The van der Waals surface area contributed by atoms with Crippen molar-refractivity contribution in [3.05, 3.63) is 35.9 Å². The molecule has 0 N–H and O–H groups in total. The highest BCUT2D eigenvalue weighted by molar-refractivity contribution is 5.96. The molecule has 10 heteroatoms. The number of pyridine rings is 1. The maximum Gasteiger partial charge on any atom is 0.266 e. The second kappa shape index (κ2) is 6.78. The van der Waals surface area contributed by atoms with E-state index in [0.717, 1.165) is 0 Å². The molecule has 1 aliphatic heterocycles. The maximum atomic E-state index is 13.8. The van der Waals surface area contributed by atoms with Crippen molar-refractivity contribution >= 4 is 22.8 Å². The fourth-order valence-corrected chi connectivity index (χ4v) is 3.19. The minimum absolute atomic E-state index is 0.0727. The van der Waals surface area contributed by atoms with Gasteiger partial charge in [-0.2, -0.15) is 0 Å². The van der Waals surface area contributed by atoms with Crippen molar-refractivity contribution in [3.63, 3.8) is 0 Å². The van der Waals surface area contributed by atoms with Gasteiger partial charge in [-0.1, -0.05) is 26.0 Å². The topological polar surface area (TPSA) is 89.7 Å². The molecule has 29 heavy (non-hydrogen) atoms. The van der Waals surface area contributed by atoms with Crippen LogP contribution in [0.1, 0.15) is 43.4 Å². The molecule has 4 heterocycles. The maximum absolute atomic E-state index is 13.8. The van der Waals surface area contributed by atoms with Crippen molar-refractivity contribution in [2.45, 2.75) is 45.1 Å². The Kier molecular flexibility index (Phi) is 4.51. The lowest BCUT2D eigenvalue weighted by Gasteiger charge is -2.22. The number of aromatic nitrogens is 6. The molecule has 152 valence electrons. The van der Waals surface area contributed by atoms with Crippen molar-refractivity contribution in [3.8, 4) is 0 Å². The van der Waals surface area contributed by atoms with Gasteiger partial charge in [-0.05, 0) is 12.1 Å². The number of rotatable bonds is 4. The van der Waals surface area contributed by atoms with E-state index >= 15 is 0 Å². The molecule has 0 amide bonds. The second-order valence-electron chi connectivity index (χ2n) is 8.23. The van der Waals surface area contributed by atoms with Gasteiger partial charge in [0, 0.05) is 36.3 Å². The summed E-state index contributed by atoms with van der Waals surface area (Å²) < 4.78 is 29.0. The van der Waals surface area contributed by atoms with Gasteiger partial charge in [-0.25, -0.2) is 23.4 Å². The van der Waals surface area contributed by atoms with Gasteiger partial charge in [0.1, 0.15) is 12.4 Å². The highest BCUT2D eigenvalue weighted by Crippen LogP contribution is 2.34. The van der Waals surface area contributed by atoms with Crippen molar-refractivity contribution < 1.29 is 13.6 Å². The predicted octanol–water partition coefficient (Wildman–Crippen LogP) is 2.64. The first-order chi connectivity index (χ1) is 13.6. The monoisotopic (exact) mass is 401 g/mol. The number of fused-ring (bicyclic) bond motifs is 1. The normalized spacial score (nSPS) is 16.5. The van der Waals surface area contributed by atoms with Crippen LogP contribution in [0.3, 0.4) is 0 Å². The van der Waals surface area contributed by atoms with Gasteiger partial charge in [0.15, 0.2) is 22.8 Å². The molecular weight excluding hydrogens is 380 g/mol. The number of carbonyl (C=O) groups excluding carboxylic acids is 1. The number of anilines is 1. The van der Waals surface area contributed by atoms with E-state index in [0.29, 0.717) is 28.4 Å². The predicted molar refractivity (Wildman–Crippen MR) is 102 cm³/mol. The number of ketones is 1. The second-order valence-corrected chi connectivity index (χ2v) is 8.23. The summed E-state index contributed by atoms with van der Waals surface area (Å²) in [6.45, 7) is 5.49. The van der Waals surface area contributed by atoms with E-state index in [-0.39, 0.29) is 25.3 Å². The van der Waals surface area contributed by atoms with Crippen LogP contribution >= 0.6 is 0 Å². The molecule has 1 fully saturated rings. The molecule has 0 spiro atoms. The molecule has 0 saturated carbocycles. The third kappa shape index (κ3) is 3.79. The fourth-order valence-electron chi connectivity index (χ4n) is 3.19. The molecular formula is C19H21F2N7O. The first kappa shape index (κ1) is 19.3. The van der Waals surface area contributed by atoms with Crippen LogP contribution in [0.5, 0.6) is 0 Å². The number of halogens is 2. The highest BCUT2D eigenvalue weighted by Gasteiger charge is 2.40. The number of hydrogen-bond donors (Lipinski definition) is 0. The van der Waals surface area contributed by atoms with Crippen LogP contribution < -0.4 is 4.90 Å². The third-order valence-corrected chi connectivity index (χ3v) is 4.78. The van der Waals surface area contributed by atoms with E-state index in [1.165, 1.54) is 22.0 Å². The summed E-state index contributed by atoms with van der Waals surface area (Å²) in [5.74, 6) is -2.13. The fraction of sp³-hybridized carbons (Fsp3) is 0.474. The average Bonchev–Trinajstić information content (AvgIpc) is 3.24. The summed E-state index contributed by atoms with van der Waals surface area (Å²) in [5.41, 5.74) is 0.749. The SMILES string of the molecule is CC(C)(C)c1nc(N2CCC(F)(F)C2)c2nnn(CC(=O)c3ccncc3)c2n1. The largest absolute Gasteiger partial charge is 0.348 e. The number of nitrogens with zero attached hydrogens (tertiary/aromatic N) is 7. The zero-order valence-electron chi connectivity index (χ0n) is 16.4. The van der Waals surface area contributed by atoms with Gasteiger partial charge in [0.2, 0.25) is 0 Å². The minimum atomic E-state index is -2.77. The molecule has 0 bridgehead atoms. The van der Waals surface area contributed by atoms with E-state index in [9.17, 15) is 13.6 Å². The highest BCUT2D eigenvalue weighted by atomic mass is 19.3. The van der Waals surface area contributed by atoms with Crippen molar-refractivity contribution in [2.24, 2.45) is 0 Å². The Balaban J connectivity index is 1.78. The van der Waals surface area contributed by atoms with Gasteiger partial charge < -0.3 is 4.90 Å². The lowest BCUT2D eigenvalue weighted by molar-refractivity contribution is 0.0257. The molecule has 4 rings (SSSR count). The van der Waals surface area contributed by atoms with E-state index < -0.39 is 17.9 Å². The molecule has 0 aromatic carbocycles. The molecule has 3 aromatic heterocycles. The Labute approximate surface area is 166 Å². The smallest absolute Gasteiger partial charge is 0.266 e. The standard InChI is InChI=1S/C19H21F2N7O/c1-18(2,3)17-23-15(27-9-6-19(20,21)11-27)14-16(24-17)28(26-25-14)10-13(29)12-4-7-22-8-5-12/h4-5,7-8H,6,9-11H2,1-3H3. The van der Waals surface area contributed by atoms with Crippen molar-refractivity contribution in [2.75, 3.05) is 18.0 Å². The van der Waals surface area contributed by atoms with E-state index in [2.05, 4.69) is 25.3 Å². The minimum Gasteiger partial charge on any atom is -0.348 e. The quantitative estimate of drug-likeness (QED) is 0.621. The lowest BCUT2D eigenvalue weighted by atomic mass is 9.96. The molecule has 0 atom stereocenters. The molecule has 3 aromatic rings. The number of hydrogen-bond acceptors (Lipinski definition) is 7. The van der Waals surface area contributed by atoms with Crippen LogP contribution in [0, 0.1) is 0 Å². The zero-order valence-corrected chi connectivity index (χ0v) is 16.4. The summed E-state index contributed by atoms with van der Waals surface area (Å²) in [6, 6.07) is 3.24. The first-order valence-corrected chi connectivity index (χ1v) is 9.32. The van der Waals surface area contributed by atoms with Crippen LogP contribution in [0.4, 0.5) is 14.6 Å². The summed E-state index contributed by atoms with van der Waals surface area (Å²) >= 11 is 0. The lowest BCUT2D eigenvalue weighted by Crippen LogP contribution is -2.27. The molecule has 0 unspecified atom stereocenters. The first-order valence-electron chi connectivity index (χ1n) is 9.32. The van der Waals surface area contributed by atoms with E-state index in [1.54, 1.807) is 12.1 Å². The van der Waals surface area contributed by atoms with Gasteiger partial charge >= 0.3 is 0 Å². The van der Waals surface area contributed by atoms with Gasteiger partial charge in [-0.3, -0.25) is 9.78 Å². The molecule has 8 nitrogen and oxygen atoms in total. The van der Waals surface area contributed by atoms with E-state index in [1.807, 2.05) is 20.8 Å². The molecule has 0 aliphatic carbocycles. The van der Waals surface area contributed by atoms with Crippen molar-refractivity contribution in [1.82, 2.24) is 29.9 Å². The summed E-state index contributed by atoms with van der Waals surface area (Å²) in [7, 11) is 0. The Hall–Kier alpha value is -3.04. The third-order valence-electron chi connectivity index (χ3n) is 4.78. The number of alkyl halides is 2. The Morgan fingerprint density at radius 3 is 2.55 bits per heavy atom. The van der Waals surface area contributed by atoms with Crippen LogP contribution in [-0.4, -0.2) is 54.7 Å². The van der Waals surface area contributed by atoms with Gasteiger partial charge in [0.25, 0.3) is 5.92 Å². The van der Waals surface area contributed by atoms with Crippen LogP contribution in [0.2, 0.25) is 0 Å². The van der Waals surface area contributed by atoms with Gasteiger partial charge in [-0.15, -0.1) is 5.10 Å². The number of Topliss-reactive ketones (excluding diaryl/α,β-unsaturated/α-hetero) is 1. The van der Waals surface area contributed by atoms with Crippen molar-refractivity contribution in [1.29, 1.82) is 0 Å². The molecule has 0 radical (unpaired) electrons. The summed E-state index contributed by atoms with van der Waals surface area (Å²) in [4.78, 5) is 27.1. The van der Waals surface area contributed by atoms with E-state index in [4.69, 9.17) is 0 Å². The van der Waals surface area contributed by atoms with Crippen LogP contribution in [-0.2, 0) is 12.0 Å². The molecule has 1 aliphatic rings. The van der Waals surface area contributed by atoms with Crippen LogP contribution in [0.25, 0.3) is 11.2 Å².